The van der Waals surface area contributed by atoms with Crippen LogP contribution in [0.1, 0.15) is 0 Å². The first-order valence-corrected chi connectivity index (χ1v) is 8.69. The monoisotopic (exact) mass is 357 g/mol. The van der Waals surface area contributed by atoms with Gasteiger partial charge in [-0.2, -0.15) is 0 Å². The summed E-state index contributed by atoms with van der Waals surface area (Å²) >= 11 is 0. The van der Waals surface area contributed by atoms with Crippen LogP contribution in [-0.4, -0.2) is 60.4 Å². The molecule has 26 heavy (non-hydrogen) atoms. The Morgan fingerprint density at radius 3 is 2.31 bits per heavy atom. The number of hydrogen-bond acceptors (Lipinski definition) is 6. The molecule has 1 saturated heterocycles. The lowest BCUT2D eigenvalue weighted by molar-refractivity contribution is -0.384. The van der Waals surface area contributed by atoms with Gasteiger partial charge in [0.15, 0.2) is 0 Å². The van der Waals surface area contributed by atoms with Crippen LogP contribution in [0.3, 0.4) is 0 Å². The topological polar surface area (TPSA) is 79.1 Å². The van der Waals surface area contributed by atoms with Crippen molar-refractivity contribution in [1.82, 2.24) is 4.90 Å². The molecule has 7 heteroatoms. The zero-order chi connectivity index (χ0) is 18.4. The van der Waals surface area contributed by atoms with Gasteiger partial charge in [0.25, 0.3) is 5.69 Å². The second kappa shape index (κ2) is 8.64. The van der Waals surface area contributed by atoms with Gasteiger partial charge in [0, 0.05) is 50.5 Å². The van der Waals surface area contributed by atoms with E-state index in [1.165, 1.54) is 17.8 Å². The number of β-amino-alcohol motifs (C(OH)–C–C–N with tert-alkyl or cyclic N) is 1. The van der Waals surface area contributed by atoms with Crippen LogP contribution in [0.5, 0.6) is 5.75 Å². The van der Waals surface area contributed by atoms with Crippen LogP contribution < -0.4 is 9.64 Å². The molecule has 0 amide bonds. The van der Waals surface area contributed by atoms with Gasteiger partial charge in [-0.3, -0.25) is 15.0 Å². The molecule has 0 unspecified atom stereocenters. The van der Waals surface area contributed by atoms with E-state index in [0.29, 0.717) is 12.3 Å². The van der Waals surface area contributed by atoms with E-state index < -0.39 is 11.0 Å². The van der Waals surface area contributed by atoms with E-state index >= 15 is 0 Å². The molecule has 1 atom stereocenters. The average Bonchev–Trinajstić information content (AvgIpc) is 2.68. The highest BCUT2D eigenvalue weighted by molar-refractivity contribution is 5.46. The van der Waals surface area contributed by atoms with Gasteiger partial charge in [-0.1, -0.05) is 18.2 Å². The van der Waals surface area contributed by atoms with E-state index in [4.69, 9.17) is 4.74 Å². The van der Waals surface area contributed by atoms with Gasteiger partial charge < -0.3 is 14.7 Å². The summed E-state index contributed by atoms with van der Waals surface area (Å²) in [7, 11) is 0. The number of hydrogen-bond donors (Lipinski definition) is 1. The number of aliphatic hydroxyl groups is 1. The molecule has 0 spiro atoms. The van der Waals surface area contributed by atoms with E-state index in [0.717, 1.165) is 26.2 Å². The maximum absolute atomic E-state index is 10.6. The van der Waals surface area contributed by atoms with Gasteiger partial charge in [-0.05, 0) is 24.3 Å². The standard InChI is InChI=1S/C19H23N3O4/c23-18(15-26-19-8-6-17(7-9-19)22(24)25)14-20-10-12-21(13-11-20)16-4-2-1-3-5-16/h1-9,18,23H,10-15H2/t18-/m1/s1. The first kappa shape index (κ1) is 18.2. The molecule has 1 heterocycles. The first-order chi connectivity index (χ1) is 12.6. The number of rotatable bonds is 7. The zero-order valence-electron chi connectivity index (χ0n) is 14.5. The van der Waals surface area contributed by atoms with Gasteiger partial charge in [0.05, 0.1) is 4.92 Å². The number of piperazine rings is 1. The van der Waals surface area contributed by atoms with Crippen LogP contribution >= 0.6 is 0 Å². The van der Waals surface area contributed by atoms with Crippen molar-refractivity contribution in [3.05, 3.63) is 64.7 Å². The Balaban J connectivity index is 1.40. The van der Waals surface area contributed by atoms with Crippen molar-refractivity contribution < 1.29 is 14.8 Å². The quantitative estimate of drug-likeness (QED) is 0.604. The van der Waals surface area contributed by atoms with Gasteiger partial charge >= 0.3 is 0 Å². The van der Waals surface area contributed by atoms with Crippen molar-refractivity contribution in [2.24, 2.45) is 0 Å². The second-order valence-electron chi connectivity index (χ2n) is 6.34. The van der Waals surface area contributed by atoms with Gasteiger partial charge in [0.2, 0.25) is 0 Å². The molecule has 2 aromatic carbocycles. The maximum atomic E-state index is 10.6. The highest BCUT2D eigenvalue weighted by Crippen LogP contribution is 2.18. The summed E-state index contributed by atoms with van der Waals surface area (Å²) in [6.07, 6.45) is -0.603. The Bertz CT molecular complexity index is 700. The Labute approximate surface area is 152 Å². The summed E-state index contributed by atoms with van der Waals surface area (Å²) in [5, 5.41) is 20.8. The molecule has 0 bridgehead atoms. The summed E-state index contributed by atoms with van der Waals surface area (Å²) in [4.78, 5) is 14.7. The number of anilines is 1. The SMILES string of the molecule is O=[N+]([O-])c1ccc(OC[C@H](O)CN2CCN(c3ccccc3)CC2)cc1. The number of para-hydroxylation sites is 1. The fourth-order valence-corrected chi connectivity index (χ4v) is 3.03. The molecule has 138 valence electrons. The minimum atomic E-state index is -0.603. The van der Waals surface area contributed by atoms with Crippen LogP contribution in [0.4, 0.5) is 11.4 Å². The predicted octanol–water partition coefficient (Wildman–Crippen LogP) is 2.16. The van der Waals surface area contributed by atoms with E-state index in [-0.39, 0.29) is 12.3 Å². The molecule has 0 aromatic heterocycles. The highest BCUT2D eigenvalue weighted by atomic mass is 16.6. The molecular formula is C19H23N3O4. The molecule has 3 rings (SSSR count). The fraction of sp³-hybridized carbons (Fsp3) is 0.368. The zero-order valence-corrected chi connectivity index (χ0v) is 14.5. The number of nitro groups is 1. The summed E-state index contributed by atoms with van der Waals surface area (Å²) in [6.45, 7) is 4.36. The molecule has 0 saturated carbocycles. The Morgan fingerprint density at radius 2 is 1.69 bits per heavy atom. The highest BCUT2D eigenvalue weighted by Gasteiger charge is 2.19. The van der Waals surface area contributed by atoms with Gasteiger partial charge in [0.1, 0.15) is 18.5 Å². The van der Waals surface area contributed by atoms with E-state index in [1.54, 1.807) is 12.1 Å². The third-order valence-corrected chi connectivity index (χ3v) is 4.45. The lowest BCUT2D eigenvalue weighted by atomic mass is 10.2. The van der Waals surface area contributed by atoms with Crippen LogP contribution in [0.2, 0.25) is 0 Å². The van der Waals surface area contributed by atoms with Crippen molar-refractivity contribution >= 4 is 11.4 Å². The first-order valence-electron chi connectivity index (χ1n) is 8.69. The molecule has 1 N–H and O–H groups in total. The Kier molecular flexibility index (Phi) is 6.04. The minimum Gasteiger partial charge on any atom is -0.491 e. The molecule has 2 aromatic rings. The van der Waals surface area contributed by atoms with Crippen LogP contribution in [-0.2, 0) is 0 Å². The van der Waals surface area contributed by atoms with Crippen LogP contribution in [0, 0.1) is 10.1 Å². The minimum absolute atomic E-state index is 0.0224. The third kappa shape index (κ3) is 4.93. The summed E-state index contributed by atoms with van der Waals surface area (Å²) in [5.41, 5.74) is 1.25. The van der Waals surface area contributed by atoms with Crippen molar-refractivity contribution in [3.63, 3.8) is 0 Å². The largest absolute Gasteiger partial charge is 0.491 e. The number of nitrogens with zero attached hydrogens (tertiary/aromatic N) is 3. The van der Waals surface area contributed by atoms with Crippen LogP contribution in [0.25, 0.3) is 0 Å². The lowest BCUT2D eigenvalue weighted by Crippen LogP contribution is -2.49. The normalized spacial score (nSPS) is 16.3. The molecule has 7 nitrogen and oxygen atoms in total. The lowest BCUT2D eigenvalue weighted by Gasteiger charge is -2.36. The molecule has 1 aliphatic rings. The van der Waals surface area contributed by atoms with Crippen LogP contribution in [0.15, 0.2) is 54.6 Å². The average molecular weight is 357 g/mol. The predicted molar refractivity (Wildman–Crippen MR) is 99.7 cm³/mol. The van der Waals surface area contributed by atoms with E-state index in [1.807, 2.05) is 18.2 Å². The fourth-order valence-electron chi connectivity index (χ4n) is 3.03. The van der Waals surface area contributed by atoms with Gasteiger partial charge in [-0.15, -0.1) is 0 Å². The van der Waals surface area contributed by atoms with Crippen molar-refractivity contribution in [2.75, 3.05) is 44.2 Å². The van der Waals surface area contributed by atoms with E-state index in [9.17, 15) is 15.2 Å². The number of ether oxygens (including phenoxy) is 1. The number of nitro benzene ring substituents is 1. The molecule has 0 aliphatic carbocycles. The Morgan fingerprint density at radius 1 is 1.04 bits per heavy atom. The number of non-ortho nitro benzene ring substituents is 1. The molecule has 1 fully saturated rings. The molecule has 0 radical (unpaired) electrons. The second-order valence-corrected chi connectivity index (χ2v) is 6.34. The van der Waals surface area contributed by atoms with Crippen molar-refractivity contribution in [1.29, 1.82) is 0 Å². The maximum Gasteiger partial charge on any atom is 0.269 e. The summed E-state index contributed by atoms with van der Waals surface area (Å²) < 4.78 is 5.52. The third-order valence-electron chi connectivity index (χ3n) is 4.45. The van der Waals surface area contributed by atoms with Crippen molar-refractivity contribution in [2.45, 2.75) is 6.10 Å². The summed E-state index contributed by atoms with van der Waals surface area (Å²) in [5.74, 6) is 0.517. The van der Waals surface area contributed by atoms with E-state index in [2.05, 4.69) is 21.9 Å². The number of aliphatic hydroxyl groups excluding tert-OH is 1. The molecular weight excluding hydrogens is 334 g/mol. The number of benzene rings is 2. The molecule has 1 aliphatic heterocycles. The smallest absolute Gasteiger partial charge is 0.269 e. The summed E-state index contributed by atoms with van der Waals surface area (Å²) in [6, 6.07) is 16.2. The van der Waals surface area contributed by atoms with Gasteiger partial charge in [-0.25, -0.2) is 0 Å². The van der Waals surface area contributed by atoms with Crippen molar-refractivity contribution in [3.8, 4) is 5.75 Å². The Hall–Kier alpha value is -2.64.